The summed E-state index contributed by atoms with van der Waals surface area (Å²) < 4.78 is 50.9. The molecular formula is C25H24FN3O5S. The van der Waals surface area contributed by atoms with Crippen molar-refractivity contribution in [1.82, 2.24) is 10.0 Å². The van der Waals surface area contributed by atoms with Gasteiger partial charge in [-0.3, -0.25) is 0 Å². The number of carbonyl (C=O) groups excluding carboxylic acids is 1. The molecule has 10 heteroatoms. The number of urea groups is 1. The summed E-state index contributed by atoms with van der Waals surface area (Å²) >= 11 is 0. The predicted molar refractivity (Wildman–Crippen MR) is 128 cm³/mol. The SMILES string of the molecule is CC(C)(C)NC(=O)NS(=O)(=O)c1cc(C#N)ccc1Oc1cccc(-c2ccc(OCF)cc2)c1. The summed E-state index contributed by atoms with van der Waals surface area (Å²) in [6.07, 6.45) is 0. The molecule has 0 bridgehead atoms. The summed E-state index contributed by atoms with van der Waals surface area (Å²) in [4.78, 5) is 11.8. The van der Waals surface area contributed by atoms with Crippen molar-refractivity contribution >= 4 is 16.1 Å². The molecule has 8 nitrogen and oxygen atoms in total. The van der Waals surface area contributed by atoms with Crippen molar-refractivity contribution in [3.05, 3.63) is 72.3 Å². The summed E-state index contributed by atoms with van der Waals surface area (Å²) in [5.74, 6) is 0.648. The van der Waals surface area contributed by atoms with Gasteiger partial charge in [0.1, 0.15) is 22.1 Å². The Bertz CT molecular complexity index is 1360. The van der Waals surface area contributed by atoms with Crippen molar-refractivity contribution in [2.75, 3.05) is 6.86 Å². The zero-order valence-electron chi connectivity index (χ0n) is 19.3. The standard InChI is InChI=1S/C25H24FN3O5S/c1-25(2,3)28-24(30)29-35(31,32)23-13-17(15-27)7-12-22(23)34-21-6-4-5-19(14-21)18-8-10-20(11-9-18)33-16-26/h4-14H,16H2,1-3H3,(H2,28,29,30). The number of halogens is 1. The van der Waals surface area contributed by atoms with Crippen molar-refractivity contribution in [3.63, 3.8) is 0 Å². The number of nitriles is 1. The number of carbonyl (C=O) groups is 1. The van der Waals surface area contributed by atoms with E-state index >= 15 is 0 Å². The summed E-state index contributed by atoms with van der Waals surface area (Å²) in [7, 11) is -4.37. The van der Waals surface area contributed by atoms with Crippen LogP contribution in [0.2, 0.25) is 0 Å². The average molecular weight is 498 g/mol. The number of amides is 2. The second-order valence-electron chi connectivity index (χ2n) is 8.49. The number of rotatable bonds is 7. The van der Waals surface area contributed by atoms with Crippen LogP contribution in [0.3, 0.4) is 0 Å². The van der Waals surface area contributed by atoms with Crippen LogP contribution in [0.25, 0.3) is 11.1 Å². The molecular weight excluding hydrogens is 473 g/mol. The van der Waals surface area contributed by atoms with Gasteiger partial charge in [0, 0.05) is 5.54 Å². The minimum absolute atomic E-state index is 0.0658. The van der Waals surface area contributed by atoms with Gasteiger partial charge in [0.2, 0.25) is 6.86 Å². The van der Waals surface area contributed by atoms with Gasteiger partial charge in [-0.15, -0.1) is 0 Å². The van der Waals surface area contributed by atoms with Crippen LogP contribution < -0.4 is 19.5 Å². The number of alkyl halides is 1. The van der Waals surface area contributed by atoms with Gasteiger partial charge >= 0.3 is 6.03 Å². The monoisotopic (exact) mass is 497 g/mol. The van der Waals surface area contributed by atoms with Crippen molar-refractivity contribution in [3.8, 4) is 34.4 Å². The fourth-order valence-electron chi connectivity index (χ4n) is 3.09. The molecule has 0 atom stereocenters. The largest absolute Gasteiger partial charge is 0.463 e. The van der Waals surface area contributed by atoms with E-state index in [9.17, 15) is 22.9 Å². The normalized spacial score (nSPS) is 11.3. The van der Waals surface area contributed by atoms with Crippen molar-refractivity contribution < 1.29 is 27.1 Å². The first-order valence-corrected chi connectivity index (χ1v) is 12.0. The lowest BCUT2D eigenvalue weighted by Gasteiger charge is -2.21. The van der Waals surface area contributed by atoms with Crippen LogP contribution in [0, 0.1) is 11.3 Å². The van der Waals surface area contributed by atoms with Gasteiger partial charge in [-0.25, -0.2) is 22.3 Å². The van der Waals surface area contributed by atoms with E-state index in [4.69, 9.17) is 9.47 Å². The highest BCUT2D eigenvalue weighted by atomic mass is 32.2. The highest BCUT2D eigenvalue weighted by Crippen LogP contribution is 2.32. The minimum atomic E-state index is -4.37. The van der Waals surface area contributed by atoms with Crippen LogP contribution in [0.15, 0.2) is 71.6 Å². The predicted octanol–water partition coefficient (Wildman–Crippen LogP) is 5.11. The molecule has 0 unspecified atom stereocenters. The maximum absolute atomic E-state index is 13.0. The highest BCUT2D eigenvalue weighted by Gasteiger charge is 2.25. The Morgan fingerprint density at radius 1 is 1.00 bits per heavy atom. The first-order valence-electron chi connectivity index (χ1n) is 10.5. The topological polar surface area (TPSA) is 118 Å². The molecule has 0 aromatic heterocycles. The number of nitrogens with zero attached hydrogens (tertiary/aromatic N) is 1. The number of hydrogen-bond donors (Lipinski definition) is 2. The van der Waals surface area contributed by atoms with Gasteiger partial charge in [0.15, 0.2) is 0 Å². The molecule has 3 aromatic carbocycles. The lowest BCUT2D eigenvalue weighted by Crippen LogP contribution is -2.48. The molecule has 3 rings (SSSR count). The molecule has 0 saturated carbocycles. The lowest BCUT2D eigenvalue weighted by molar-refractivity contribution is 0.192. The fourth-order valence-corrected chi connectivity index (χ4v) is 4.15. The van der Waals surface area contributed by atoms with E-state index in [-0.39, 0.29) is 16.2 Å². The third-order valence-corrected chi connectivity index (χ3v) is 5.90. The molecule has 2 amide bonds. The van der Waals surface area contributed by atoms with E-state index in [0.29, 0.717) is 11.5 Å². The van der Waals surface area contributed by atoms with E-state index in [1.54, 1.807) is 63.2 Å². The Morgan fingerprint density at radius 3 is 2.34 bits per heavy atom. The van der Waals surface area contributed by atoms with E-state index < -0.39 is 28.5 Å². The van der Waals surface area contributed by atoms with Crippen LogP contribution >= 0.6 is 0 Å². The van der Waals surface area contributed by atoms with E-state index in [1.807, 2.05) is 16.9 Å². The highest BCUT2D eigenvalue weighted by molar-refractivity contribution is 7.90. The van der Waals surface area contributed by atoms with Gasteiger partial charge in [-0.2, -0.15) is 5.26 Å². The van der Waals surface area contributed by atoms with E-state index in [1.165, 1.54) is 12.1 Å². The molecule has 0 fully saturated rings. The lowest BCUT2D eigenvalue weighted by atomic mass is 10.1. The molecule has 35 heavy (non-hydrogen) atoms. The average Bonchev–Trinajstić information content (AvgIpc) is 2.78. The molecule has 2 N–H and O–H groups in total. The number of ether oxygens (including phenoxy) is 2. The van der Waals surface area contributed by atoms with Gasteiger partial charge in [0.25, 0.3) is 10.0 Å². The summed E-state index contributed by atoms with van der Waals surface area (Å²) in [5, 5.41) is 11.8. The van der Waals surface area contributed by atoms with Gasteiger partial charge < -0.3 is 14.8 Å². The van der Waals surface area contributed by atoms with Crippen LogP contribution in [-0.2, 0) is 10.0 Å². The smallest absolute Gasteiger partial charge is 0.329 e. The first-order chi connectivity index (χ1) is 16.5. The van der Waals surface area contributed by atoms with Crippen LogP contribution in [-0.4, -0.2) is 26.8 Å². The molecule has 0 spiro atoms. The Balaban J connectivity index is 1.92. The number of benzene rings is 3. The van der Waals surface area contributed by atoms with Gasteiger partial charge in [0.05, 0.1) is 11.6 Å². The van der Waals surface area contributed by atoms with Crippen molar-refractivity contribution in [2.45, 2.75) is 31.2 Å². The summed E-state index contributed by atoms with van der Waals surface area (Å²) in [5.41, 5.74) is 0.979. The third-order valence-electron chi connectivity index (χ3n) is 4.55. The van der Waals surface area contributed by atoms with Crippen LogP contribution in [0.4, 0.5) is 9.18 Å². The zero-order chi connectivity index (χ0) is 25.6. The van der Waals surface area contributed by atoms with Crippen molar-refractivity contribution in [2.24, 2.45) is 0 Å². The molecule has 3 aromatic rings. The molecule has 182 valence electrons. The molecule has 0 radical (unpaired) electrons. The first kappa shape index (κ1) is 25.5. The number of nitrogens with one attached hydrogen (secondary N) is 2. The van der Waals surface area contributed by atoms with Gasteiger partial charge in [-0.1, -0.05) is 24.3 Å². The summed E-state index contributed by atoms with van der Waals surface area (Å²) in [6, 6.07) is 18.5. The minimum Gasteiger partial charge on any atom is -0.463 e. The summed E-state index contributed by atoms with van der Waals surface area (Å²) in [6.45, 7) is 4.20. The maximum atomic E-state index is 13.0. The second-order valence-corrected chi connectivity index (χ2v) is 10.1. The molecule has 0 heterocycles. The molecule has 0 aliphatic carbocycles. The molecule has 0 aliphatic heterocycles. The fraction of sp³-hybridized carbons (Fsp3) is 0.200. The van der Waals surface area contributed by atoms with Crippen LogP contribution in [0.5, 0.6) is 17.2 Å². The molecule has 0 aliphatic rings. The van der Waals surface area contributed by atoms with E-state index in [2.05, 4.69) is 5.32 Å². The zero-order valence-corrected chi connectivity index (χ0v) is 20.1. The Kier molecular flexibility index (Phi) is 7.62. The molecule has 0 saturated heterocycles. The van der Waals surface area contributed by atoms with Crippen molar-refractivity contribution in [1.29, 1.82) is 5.26 Å². The Morgan fingerprint density at radius 2 is 1.71 bits per heavy atom. The third kappa shape index (κ3) is 6.94. The van der Waals surface area contributed by atoms with E-state index in [0.717, 1.165) is 17.2 Å². The maximum Gasteiger partial charge on any atom is 0.329 e. The number of hydrogen-bond acceptors (Lipinski definition) is 6. The van der Waals surface area contributed by atoms with Crippen LogP contribution in [0.1, 0.15) is 26.3 Å². The Labute approximate surface area is 203 Å². The quantitative estimate of drug-likeness (QED) is 0.468. The van der Waals surface area contributed by atoms with Gasteiger partial charge in [-0.05, 0) is 74.4 Å². The Hall–Kier alpha value is -4.10. The number of sulfonamides is 1. The second kappa shape index (κ2) is 10.4.